The Kier molecular flexibility index (Phi) is 3.85. The Morgan fingerprint density at radius 3 is 3.00 bits per heavy atom. The van der Waals surface area contributed by atoms with Crippen molar-refractivity contribution in [1.29, 1.82) is 0 Å². The first-order chi connectivity index (χ1) is 7.99. The number of rotatable bonds is 3. The number of nitrogens with zero attached hydrogens (tertiary/aromatic N) is 1. The van der Waals surface area contributed by atoms with Crippen LogP contribution in [0.15, 0.2) is 6.20 Å². The lowest BCUT2D eigenvalue weighted by Gasteiger charge is -2.19. The predicted octanol–water partition coefficient (Wildman–Crippen LogP) is 1.71. The van der Waals surface area contributed by atoms with Crippen molar-refractivity contribution in [3.05, 3.63) is 16.1 Å². The molecule has 1 aromatic heterocycles. The summed E-state index contributed by atoms with van der Waals surface area (Å²) in [5.41, 5.74) is 0. The summed E-state index contributed by atoms with van der Waals surface area (Å²) in [7, 11) is -3.01. The normalized spacial score (nSPS) is 25.6. The molecule has 4 nitrogen and oxygen atoms in total. The van der Waals surface area contributed by atoms with Gasteiger partial charge in [-0.2, -0.15) is 0 Å². The number of aromatic nitrogens is 1. The van der Waals surface area contributed by atoms with Gasteiger partial charge in [-0.15, -0.1) is 11.3 Å². The highest BCUT2D eigenvalue weighted by Gasteiger charge is 2.32. The summed E-state index contributed by atoms with van der Waals surface area (Å²) in [5, 5.41) is 9.57. The van der Waals surface area contributed by atoms with Crippen molar-refractivity contribution in [3.63, 3.8) is 0 Å². The fourth-order valence-corrected chi connectivity index (χ4v) is 5.51. The van der Waals surface area contributed by atoms with Crippen molar-refractivity contribution in [1.82, 2.24) is 4.98 Å². The second-order valence-electron chi connectivity index (χ2n) is 4.57. The predicted molar refractivity (Wildman–Crippen MR) is 67.9 cm³/mol. The van der Waals surface area contributed by atoms with Gasteiger partial charge in [0.05, 0.1) is 11.9 Å². The van der Waals surface area contributed by atoms with E-state index in [9.17, 15) is 13.5 Å². The molecule has 0 amide bonds. The van der Waals surface area contributed by atoms with Gasteiger partial charge in [-0.05, 0) is 19.8 Å². The molecule has 0 radical (unpaired) electrons. The Labute approximate surface area is 106 Å². The first-order valence-corrected chi connectivity index (χ1v) is 8.36. The standard InChI is InChI=1S/C11H17NO3S2/c1-8(13)6-9-7-12-11(16-9)10-4-2-3-5-17(10,14)15/h7-8,10,13H,2-6H2,1H3. The molecule has 0 saturated carbocycles. The number of aliphatic hydroxyl groups is 1. The van der Waals surface area contributed by atoms with Crippen molar-refractivity contribution in [2.24, 2.45) is 0 Å². The monoisotopic (exact) mass is 275 g/mol. The first kappa shape index (κ1) is 13.0. The van der Waals surface area contributed by atoms with Gasteiger partial charge in [0.15, 0.2) is 9.84 Å². The minimum atomic E-state index is -3.01. The minimum absolute atomic E-state index is 0.281. The summed E-state index contributed by atoms with van der Waals surface area (Å²) in [4.78, 5) is 5.17. The van der Waals surface area contributed by atoms with E-state index in [4.69, 9.17) is 0 Å². The van der Waals surface area contributed by atoms with Crippen LogP contribution in [0.1, 0.15) is 41.3 Å². The summed E-state index contributed by atoms with van der Waals surface area (Å²) in [6.07, 6.45) is 4.23. The zero-order valence-corrected chi connectivity index (χ0v) is 11.4. The summed E-state index contributed by atoms with van der Waals surface area (Å²) < 4.78 is 23.9. The van der Waals surface area contributed by atoms with Crippen LogP contribution in [0.4, 0.5) is 0 Å². The van der Waals surface area contributed by atoms with E-state index in [1.54, 1.807) is 13.1 Å². The number of thiazole rings is 1. The second kappa shape index (κ2) is 5.04. The van der Waals surface area contributed by atoms with E-state index in [1.165, 1.54) is 11.3 Å². The number of sulfone groups is 1. The Morgan fingerprint density at radius 1 is 1.59 bits per heavy atom. The average molecular weight is 275 g/mol. The molecule has 2 heterocycles. The molecule has 1 aromatic rings. The van der Waals surface area contributed by atoms with Gasteiger partial charge in [0.2, 0.25) is 0 Å². The van der Waals surface area contributed by atoms with Gasteiger partial charge in [-0.25, -0.2) is 13.4 Å². The third-order valence-electron chi connectivity index (χ3n) is 2.92. The molecule has 1 aliphatic heterocycles. The van der Waals surface area contributed by atoms with Crippen LogP contribution in [-0.2, 0) is 16.3 Å². The minimum Gasteiger partial charge on any atom is -0.393 e. The Hall–Kier alpha value is -0.460. The lowest BCUT2D eigenvalue weighted by Crippen LogP contribution is -2.21. The van der Waals surface area contributed by atoms with Crippen LogP contribution < -0.4 is 0 Å². The van der Waals surface area contributed by atoms with Crippen LogP contribution in [0.3, 0.4) is 0 Å². The third kappa shape index (κ3) is 3.05. The summed E-state index contributed by atoms with van der Waals surface area (Å²) in [6, 6.07) is 0. The van der Waals surface area contributed by atoms with Gasteiger partial charge < -0.3 is 5.11 Å². The van der Waals surface area contributed by atoms with Gasteiger partial charge in [-0.1, -0.05) is 6.42 Å². The lowest BCUT2D eigenvalue weighted by atomic mass is 10.2. The molecule has 0 aromatic carbocycles. The Balaban J connectivity index is 2.19. The van der Waals surface area contributed by atoms with Gasteiger partial charge in [-0.3, -0.25) is 0 Å². The Morgan fingerprint density at radius 2 is 2.35 bits per heavy atom. The highest BCUT2D eigenvalue weighted by atomic mass is 32.2. The molecule has 2 atom stereocenters. The molecule has 96 valence electrons. The maximum absolute atomic E-state index is 11.9. The topological polar surface area (TPSA) is 67.3 Å². The fraction of sp³-hybridized carbons (Fsp3) is 0.727. The molecule has 0 spiro atoms. The molecule has 1 N–H and O–H groups in total. The average Bonchev–Trinajstić information content (AvgIpc) is 2.64. The molecule has 1 saturated heterocycles. The summed E-state index contributed by atoms with van der Waals surface area (Å²) >= 11 is 1.42. The molecule has 2 rings (SSSR count). The second-order valence-corrected chi connectivity index (χ2v) is 8.02. The van der Waals surface area contributed by atoms with Crippen LogP contribution in [0.25, 0.3) is 0 Å². The zero-order chi connectivity index (χ0) is 12.5. The van der Waals surface area contributed by atoms with E-state index < -0.39 is 21.2 Å². The maximum atomic E-state index is 11.9. The first-order valence-electron chi connectivity index (χ1n) is 5.83. The number of aliphatic hydroxyl groups excluding tert-OH is 1. The fourth-order valence-electron chi connectivity index (χ4n) is 2.09. The van der Waals surface area contributed by atoms with Crippen molar-refractivity contribution in [2.75, 3.05) is 5.75 Å². The van der Waals surface area contributed by atoms with E-state index in [1.807, 2.05) is 0 Å². The molecule has 1 fully saturated rings. The largest absolute Gasteiger partial charge is 0.393 e. The van der Waals surface area contributed by atoms with E-state index in [2.05, 4.69) is 4.98 Å². The van der Waals surface area contributed by atoms with Gasteiger partial charge in [0.1, 0.15) is 10.3 Å². The van der Waals surface area contributed by atoms with Crippen LogP contribution in [0.5, 0.6) is 0 Å². The lowest BCUT2D eigenvalue weighted by molar-refractivity contribution is 0.196. The highest BCUT2D eigenvalue weighted by molar-refractivity contribution is 7.91. The molecule has 1 aliphatic rings. The van der Waals surface area contributed by atoms with E-state index >= 15 is 0 Å². The molecule has 0 aliphatic carbocycles. The molecule has 6 heteroatoms. The van der Waals surface area contributed by atoms with E-state index in [-0.39, 0.29) is 5.75 Å². The molecular weight excluding hydrogens is 258 g/mol. The smallest absolute Gasteiger partial charge is 0.159 e. The number of hydrogen-bond donors (Lipinski definition) is 1. The van der Waals surface area contributed by atoms with Gasteiger partial charge in [0.25, 0.3) is 0 Å². The van der Waals surface area contributed by atoms with Crippen LogP contribution in [0.2, 0.25) is 0 Å². The quantitative estimate of drug-likeness (QED) is 0.912. The number of hydrogen-bond acceptors (Lipinski definition) is 5. The molecular formula is C11H17NO3S2. The van der Waals surface area contributed by atoms with Crippen LogP contribution >= 0.6 is 11.3 Å². The molecule has 0 bridgehead atoms. The van der Waals surface area contributed by atoms with Gasteiger partial charge >= 0.3 is 0 Å². The molecule has 2 unspecified atom stereocenters. The molecule has 17 heavy (non-hydrogen) atoms. The van der Waals surface area contributed by atoms with Gasteiger partial charge in [0, 0.05) is 17.5 Å². The summed E-state index contributed by atoms with van der Waals surface area (Å²) in [5.74, 6) is 0.281. The van der Waals surface area contributed by atoms with Crippen molar-refractivity contribution in [3.8, 4) is 0 Å². The SMILES string of the molecule is CC(O)Cc1cnc(C2CCCCS2(=O)=O)s1. The zero-order valence-electron chi connectivity index (χ0n) is 9.80. The summed E-state index contributed by atoms with van der Waals surface area (Å²) in [6.45, 7) is 1.72. The highest BCUT2D eigenvalue weighted by Crippen LogP contribution is 2.35. The maximum Gasteiger partial charge on any atom is 0.159 e. The van der Waals surface area contributed by atoms with E-state index in [0.717, 1.165) is 17.7 Å². The third-order valence-corrected chi connectivity index (χ3v) is 6.39. The Bertz CT molecular complexity index is 479. The van der Waals surface area contributed by atoms with E-state index in [0.29, 0.717) is 17.8 Å². The van der Waals surface area contributed by atoms with Crippen LogP contribution in [0, 0.1) is 0 Å². The van der Waals surface area contributed by atoms with Crippen molar-refractivity contribution >= 4 is 21.2 Å². The van der Waals surface area contributed by atoms with Crippen molar-refractivity contribution in [2.45, 2.75) is 44.0 Å². The van der Waals surface area contributed by atoms with Crippen LogP contribution in [-0.4, -0.2) is 30.4 Å². The van der Waals surface area contributed by atoms with Crippen molar-refractivity contribution < 1.29 is 13.5 Å².